The number of aromatic nitrogens is 2. The summed E-state index contributed by atoms with van der Waals surface area (Å²) in [7, 11) is 0.778. The first-order valence-electron chi connectivity index (χ1n) is 9.52. The molecule has 2 aromatic rings. The lowest BCUT2D eigenvalue weighted by Crippen LogP contribution is -2.41. The van der Waals surface area contributed by atoms with Crippen LogP contribution < -0.4 is 11.2 Å². The molecule has 1 amide bonds. The molecule has 35 heavy (non-hydrogen) atoms. The molecule has 1 saturated heterocycles. The van der Waals surface area contributed by atoms with E-state index in [1.54, 1.807) is 6.92 Å². The molecule has 1 aromatic carbocycles. The molecule has 0 radical (unpaired) electrons. The van der Waals surface area contributed by atoms with Gasteiger partial charge >= 0.3 is 17.8 Å². The number of carbonyl (C=O) groups is 2. The van der Waals surface area contributed by atoms with Crippen LogP contribution in [0.1, 0.15) is 12.6 Å². The van der Waals surface area contributed by atoms with Crippen LogP contribution in [-0.2, 0) is 27.5 Å². The second-order valence-electron chi connectivity index (χ2n) is 6.86. The Labute approximate surface area is 211 Å². The number of alkyl halides is 4. The standard InChI is InChI=1S/C19H14BrClF4N4O5S/c1-3-34-14(31)7-28-16(32)15(20)35-17(28)26-10-5-11(9(22)4-8(10)21)29-13(30)6-12(19(23,24)25)27(2)18(29)33/h4-6,15H,3,7H2,1-2H3/b26-17-. The minimum Gasteiger partial charge on any atom is -0.465 e. The number of thioether (sulfide) groups is 1. The Morgan fingerprint density at radius 2 is 1.91 bits per heavy atom. The Hall–Kier alpha value is -2.65. The number of esters is 1. The van der Waals surface area contributed by atoms with Crippen molar-refractivity contribution in [3.63, 3.8) is 0 Å². The van der Waals surface area contributed by atoms with Gasteiger partial charge in [-0.25, -0.2) is 18.7 Å². The summed E-state index contributed by atoms with van der Waals surface area (Å²) >= 11 is 10.1. The van der Waals surface area contributed by atoms with E-state index in [0.29, 0.717) is 6.07 Å². The zero-order valence-corrected chi connectivity index (χ0v) is 20.9. The van der Waals surface area contributed by atoms with Gasteiger partial charge in [0, 0.05) is 13.1 Å². The summed E-state index contributed by atoms with van der Waals surface area (Å²) in [6, 6.07) is 1.74. The number of ether oxygens (including phenoxy) is 1. The van der Waals surface area contributed by atoms with Crippen LogP contribution in [0, 0.1) is 5.82 Å². The van der Waals surface area contributed by atoms with Crippen LogP contribution in [0.3, 0.4) is 0 Å². The summed E-state index contributed by atoms with van der Waals surface area (Å²) in [6.45, 7) is 1.17. The highest BCUT2D eigenvalue weighted by Crippen LogP contribution is 2.36. The molecule has 0 bridgehead atoms. The van der Waals surface area contributed by atoms with Crippen molar-refractivity contribution in [2.24, 2.45) is 12.0 Å². The maximum atomic E-state index is 14.7. The summed E-state index contributed by atoms with van der Waals surface area (Å²) in [5, 5.41) is -0.324. The highest BCUT2D eigenvalue weighted by molar-refractivity contribution is 9.12. The predicted molar refractivity (Wildman–Crippen MR) is 123 cm³/mol. The quantitative estimate of drug-likeness (QED) is 0.296. The van der Waals surface area contributed by atoms with Crippen LogP contribution in [0.2, 0.25) is 5.02 Å². The summed E-state index contributed by atoms with van der Waals surface area (Å²) < 4.78 is 58.4. The third-order valence-corrected chi connectivity index (χ3v) is 6.76. The molecule has 188 valence electrons. The lowest BCUT2D eigenvalue weighted by molar-refractivity contribution is -0.146. The van der Waals surface area contributed by atoms with Crippen molar-refractivity contribution in [3.8, 4) is 5.69 Å². The number of hydrogen-bond acceptors (Lipinski definition) is 7. The van der Waals surface area contributed by atoms with Crippen molar-refractivity contribution in [1.82, 2.24) is 14.0 Å². The smallest absolute Gasteiger partial charge is 0.431 e. The van der Waals surface area contributed by atoms with Crippen molar-refractivity contribution in [3.05, 3.63) is 55.6 Å². The van der Waals surface area contributed by atoms with Gasteiger partial charge in [-0.15, -0.1) is 0 Å². The third kappa shape index (κ3) is 5.46. The van der Waals surface area contributed by atoms with Gasteiger partial charge in [-0.05, 0) is 19.1 Å². The summed E-state index contributed by atoms with van der Waals surface area (Å²) in [4.78, 5) is 54.4. The minimum absolute atomic E-state index is 0.0305. The zero-order chi connectivity index (χ0) is 26.2. The first-order chi connectivity index (χ1) is 16.3. The molecule has 1 aliphatic rings. The molecule has 1 fully saturated rings. The fourth-order valence-electron chi connectivity index (χ4n) is 3.00. The van der Waals surface area contributed by atoms with E-state index < -0.39 is 57.2 Å². The van der Waals surface area contributed by atoms with E-state index in [0.717, 1.165) is 29.8 Å². The van der Waals surface area contributed by atoms with Gasteiger partial charge in [0.25, 0.3) is 11.5 Å². The first-order valence-corrected chi connectivity index (χ1v) is 11.7. The van der Waals surface area contributed by atoms with Gasteiger partial charge in [-0.3, -0.25) is 23.9 Å². The summed E-state index contributed by atoms with van der Waals surface area (Å²) in [5.74, 6) is -2.44. The maximum Gasteiger partial charge on any atom is 0.431 e. The SMILES string of the molecule is CCOC(=O)CN1C(=O)C(Br)S/C1=N\c1cc(-n2c(=O)cc(C(F)(F)F)n(C)c2=O)c(F)cc1Cl. The molecule has 1 aromatic heterocycles. The molecular formula is C19H14BrClF4N4O5S. The van der Waals surface area contributed by atoms with Crippen LogP contribution in [0.25, 0.3) is 5.69 Å². The molecule has 0 spiro atoms. The molecule has 0 N–H and O–H groups in total. The lowest BCUT2D eigenvalue weighted by Gasteiger charge is -2.16. The number of carbonyl (C=O) groups excluding carboxylic acids is 2. The molecule has 0 aliphatic carbocycles. The van der Waals surface area contributed by atoms with E-state index >= 15 is 0 Å². The summed E-state index contributed by atoms with van der Waals surface area (Å²) in [6.07, 6.45) is -5.00. The Balaban J connectivity index is 2.15. The third-order valence-electron chi connectivity index (χ3n) is 4.58. The lowest BCUT2D eigenvalue weighted by atomic mass is 10.2. The Bertz CT molecular complexity index is 1360. The van der Waals surface area contributed by atoms with Gasteiger partial charge in [0.05, 0.1) is 23.0 Å². The van der Waals surface area contributed by atoms with Gasteiger partial charge in [-0.1, -0.05) is 39.3 Å². The van der Waals surface area contributed by atoms with Crippen molar-refractivity contribution >= 4 is 62.0 Å². The van der Waals surface area contributed by atoms with Gasteiger partial charge < -0.3 is 4.74 Å². The van der Waals surface area contributed by atoms with Crippen molar-refractivity contribution in [2.75, 3.05) is 13.2 Å². The van der Waals surface area contributed by atoms with Crippen LogP contribution in [0.5, 0.6) is 0 Å². The minimum atomic E-state index is -5.00. The zero-order valence-electron chi connectivity index (χ0n) is 17.7. The molecule has 1 atom stereocenters. The van der Waals surface area contributed by atoms with Gasteiger partial charge in [0.15, 0.2) is 5.17 Å². The number of nitrogens with zero attached hydrogens (tertiary/aromatic N) is 4. The van der Waals surface area contributed by atoms with Gasteiger partial charge in [-0.2, -0.15) is 13.2 Å². The second kappa shape index (κ2) is 10.1. The van der Waals surface area contributed by atoms with Crippen molar-refractivity contribution < 1.29 is 31.9 Å². The van der Waals surface area contributed by atoms with Crippen LogP contribution >= 0.6 is 39.3 Å². The van der Waals surface area contributed by atoms with Crippen molar-refractivity contribution in [2.45, 2.75) is 17.3 Å². The molecular weight excluding hydrogens is 588 g/mol. The highest BCUT2D eigenvalue weighted by atomic mass is 79.9. The van der Waals surface area contributed by atoms with E-state index in [1.807, 2.05) is 0 Å². The number of amides is 1. The first kappa shape index (κ1) is 26.9. The molecule has 3 rings (SSSR count). The maximum absolute atomic E-state index is 14.7. The van der Waals surface area contributed by atoms with Crippen LogP contribution in [0.4, 0.5) is 23.2 Å². The highest BCUT2D eigenvalue weighted by Gasteiger charge is 2.38. The summed E-state index contributed by atoms with van der Waals surface area (Å²) in [5.41, 5.74) is -5.34. The number of aliphatic imine (C=N–C) groups is 1. The van der Waals surface area contributed by atoms with E-state index in [-0.39, 0.29) is 37.7 Å². The number of hydrogen-bond donors (Lipinski definition) is 0. The average Bonchev–Trinajstić information content (AvgIpc) is 3.00. The number of benzene rings is 1. The second-order valence-corrected chi connectivity index (χ2v) is 9.86. The topological polar surface area (TPSA) is 103 Å². The molecule has 9 nitrogen and oxygen atoms in total. The van der Waals surface area contributed by atoms with Crippen LogP contribution in [-0.4, -0.2) is 48.4 Å². The van der Waals surface area contributed by atoms with E-state index in [2.05, 4.69) is 20.9 Å². The fraction of sp³-hybridized carbons (Fsp3) is 0.316. The van der Waals surface area contributed by atoms with E-state index in [4.69, 9.17) is 16.3 Å². The molecule has 0 saturated carbocycles. The largest absolute Gasteiger partial charge is 0.465 e. The predicted octanol–water partition coefficient (Wildman–Crippen LogP) is 3.19. The Morgan fingerprint density at radius 1 is 1.26 bits per heavy atom. The molecule has 1 aliphatic heterocycles. The molecule has 1 unspecified atom stereocenters. The monoisotopic (exact) mass is 600 g/mol. The number of halogens is 6. The normalized spacial score (nSPS) is 17.4. The van der Waals surface area contributed by atoms with Gasteiger partial charge in [0.2, 0.25) is 0 Å². The molecule has 16 heteroatoms. The van der Waals surface area contributed by atoms with Crippen molar-refractivity contribution in [1.29, 1.82) is 0 Å². The van der Waals surface area contributed by atoms with E-state index in [1.165, 1.54) is 0 Å². The fourth-order valence-corrected chi connectivity index (χ4v) is 4.78. The number of rotatable bonds is 5. The van der Waals surface area contributed by atoms with Gasteiger partial charge in [0.1, 0.15) is 22.2 Å². The Kier molecular flexibility index (Phi) is 7.81. The Morgan fingerprint density at radius 3 is 2.51 bits per heavy atom. The van der Waals surface area contributed by atoms with Crippen LogP contribution in [0.15, 0.2) is 32.8 Å². The number of amidine groups is 1. The molecule has 2 heterocycles. The average molecular weight is 602 g/mol. The van der Waals surface area contributed by atoms with E-state index in [9.17, 15) is 36.7 Å².